The Morgan fingerprint density at radius 1 is 1.00 bits per heavy atom. The molecule has 0 bridgehead atoms. The molecule has 10 heteroatoms. The van der Waals surface area contributed by atoms with Gasteiger partial charge in [-0.15, -0.1) is 0 Å². The first kappa shape index (κ1) is 19.8. The lowest BCUT2D eigenvalue weighted by Crippen LogP contribution is -2.31. The molecule has 0 saturated heterocycles. The summed E-state index contributed by atoms with van der Waals surface area (Å²) in [4.78, 5) is 16.9. The van der Waals surface area contributed by atoms with Gasteiger partial charge in [0.2, 0.25) is 0 Å². The molecule has 140 valence electrons. The van der Waals surface area contributed by atoms with E-state index < -0.39 is 5.91 Å². The van der Waals surface area contributed by atoms with Gasteiger partial charge in [-0.3, -0.25) is 15.6 Å². The highest BCUT2D eigenvalue weighted by Crippen LogP contribution is 2.33. The first-order chi connectivity index (χ1) is 12.8. The highest BCUT2D eigenvalue weighted by atomic mass is 35.5. The van der Waals surface area contributed by atoms with Crippen molar-refractivity contribution in [2.24, 2.45) is 0 Å². The van der Waals surface area contributed by atoms with E-state index in [1.807, 2.05) is 19.9 Å². The van der Waals surface area contributed by atoms with E-state index in [1.54, 1.807) is 16.8 Å². The van der Waals surface area contributed by atoms with Gasteiger partial charge in [0.15, 0.2) is 11.5 Å². The fourth-order valence-corrected chi connectivity index (χ4v) is 3.51. The van der Waals surface area contributed by atoms with E-state index >= 15 is 0 Å². The molecule has 3 rings (SSSR count). The lowest BCUT2D eigenvalue weighted by molar-refractivity contribution is 0.0958. The molecule has 2 N–H and O–H groups in total. The van der Waals surface area contributed by atoms with Crippen molar-refractivity contribution in [3.05, 3.63) is 67.5 Å². The van der Waals surface area contributed by atoms with E-state index in [1.165, 1.54) is 12.1 Å². The van der Waals surface area contributed by atoms with Crippen LogP contribution in [-0.2, 0) is 0 Å². The first-order valence-corrected chi connectivity index (χ1v) is 9.18. The molecule has 0 unspecified atom stereocenters. The monoisotopic (exact) mass is 443 g/mol. The van der Waals surface area contributed by atoms with Crippen LogP contribution >= 0.6 is 46.4 Å². The van der Waals surface area contributed by atoms with Gasteiger partial charge in [-0.05, 0) is 44.2 Å². The summed E-state index contributed by atoms with van der Waals surface area (Å²) in [7, 11) is 0. The number of amides is 1. The van der Waals surface area contributed by atoms with Gasteiger partial charge < -0.3 is 0 Å². The Morgan fingerprint density at radius 2 is 1.67 bits per heavy atom. The average Bonchev–Trinajstić information content (AvgIpc) is 2.92. The summed E-state index contributed by atoms with van der Waals surface area (Å²) in [6, 6.07) is 8.16. The molecule has 0 saturated carbocycles. The number of pyridine rings is 1. The van der Waals surface area contributed by atoms with Crippen molar-refractivity contribution in [1.82, 2.24) is 20.2 Å². The minimum absolute atomic E-state index is 0.0235. The van der Waals surface area contributed by atoms with E-state index in [9.17, 15) is 4.79 Å². The van der Waals surface area contributed by atoms with E-state index in [0.717, 1.165) is 11.4 Å². The highest BCUT2D eigenvalue weighted by Gasteiger charge is 2.16. The van der Waals surface area contributed by atoms with Crippen molar-refractivity contribution in [3.63, 3.8) is 0 Å². The van der Waals surface area contributed by atoms with Gasteiger partial charge in [-0.25, -0.2) is 9.67 Å². The van der Waals surface area contributed by atoms with Gasteiger partial charge in [0.1, 0.15) is 0 Å². The number of rotatable bonds is 4. The predicted octanol–water partition coefficient (Wildman–Crippen LogP) is 5.25. The molecule has 3 aromatic rings. The molecule has 2 aromatic heterocycles. The van der Waals surface area contributed by atoms with Crippen LogP contribution in [0.2, 0.25) is 20.1 Å². The third-order valence-electron chi connectivity index (χ3n) is 3.58. The van der Waals surface area contributed by atoms with Gasteiger partial charge in [-0.2, -0.15) is 5.10 Å². The van der Waals surface area contributed by atoms with Gasteiger partial charge in [-0.1, -0.05) is 46.4 Å². The number of anilines is 1. The standard InChI is InChI=1S/C17H13Cl4N5O/c1-8-5-9(2)26(25-8)14-4-3-11(19)16(22-14)17(27)24-23-15-12(20)6-10(18)7-13(15)21/h3-7,23H,1-2H3,(H,24,27). The maximum Gasteiger partial charge on any atom is 0.289 e. The number of carbonyl (C=O) groups is 1. The number of nitrogens with zero attached hydrogens (tertiary/aromatic N) is 3. The summed E-state index contributed by atoms with van der Waals surface area (Å²) in [5.74, 6) is -0.0943. The lowest BCUT2D eigenvalue weighted by atomic mass is 10.3. The first-order valence-electron chi connectivity index (χ1n) is 7.67. The van der Waals surface area contributed by atoms with Gasteiger partial charge in [0.05, 0.1) is 26.4 Å². The van der Waals surface area contributed by atoms with Crippen LogP contribution < -0.4 is 10.9 Å². The maximum atomic E-state index is 12.5. The van der Waals surface area contributed by atoms with Crippen LogP contribution in [0.4, 0.5) is 5.69 Å². The fraction of sp³-hybridized carbons (Fsp3) is 0.118. The van der Waals surface area contributed by atoms with Gasteiger partial charge in [0, 0.05) is 10.7 Å². The molecule has 0 radical (unpaired) electrons. The summed E-state index contributed by atoms with van der Waals surface area (Å²) < 4.78 is 1.63. The molecule has 0 fully saturated rings. The number of carbonyl (C=O) groups excluding carboxylic acids is 1. The van der Waals surface area contributed by atoms with Crippen LogP contribution in [0.15, 0.2) is 30.3 Å². The Labute approximate surface area is 175 Å². The summed E-state index contributed by atoms with van der Waals surface area (Å²) in [6.07, 6.45) is 0. The van der Waals surface area contributed by atoms with Crippen LogP contribution in [0, 0.1) is 13.8 Å². The quantitative estimate of drug-likeness (QED) is 0.538. The van der Waals surface area contributed by atoms with Crippen molar-refractivity contribution >= 4 is 58.0 Å². The number of benzene rings is 1. The average molecular weight is 445 g/mol. The third kappa shape index (κ3) is 4.30. The molecular formula is C17H13Cl4N5O. The van der Waals surface area contributed by atoms with Crippen LogP contribution in [0.1, 0.15) is 21.9 Å². The van der Waals surface area contributed by atoms with E-state index in [4.69, 9.17) is 46.4 Å². The third-order valence-corrected chi connectivity index (χ3v) is 4.70. The number of hydrogen-bond donors (Lipinski definition) is 2. The summed E-state index contributed by atoms with van der Waals surface area (Å²) in [5.41, 5.74) is 7.19. The maximum absolute atomic E-state index is 12.5. The second-order valence-electron chi connectivity index (χ2n) is 5.66. The van der Waals surface area contributed by atoms with Crippen LogP contribution in [-0.4, -0.2) is 20.7 Å². The molecule has 2 heterocycles. The number of hydrogen-bond acceptors (Lipinski definition) is 4. The molecule has 6 nitrogen and oxygen atoms in total. The summed E-state index contributed by atoms with van der Waals surface area (Å²) >= 11 is 24.2. The molecule has 0 aliphatic heterocycles. The van der Waals surface area contributed by atoms with E-state index in [2.05, 4.69) is 20.9 Å². The van der Waals surface area contributed by atoms with Gasteiger partial charge in [0.25, 0.3) is 5.91 Å². The number of aromatic nitrogens is 3. The van der Waals surface area contributed by atoms with Crippen molar-refractivity contribution in [2.75, 3.05) is 5.43 Å². The van der Waals surface area contributed by atoms with Crippen molar-refractivity contribution in [1.29, 1.82) is 0 Å². The predicted molar refractivity (Wildman–Crippen MR) is 108 cm³/mol. The lowest BCUT2D eigenvalue weighted by Gasteiger charge is -2.13. The molecule has 0 aliphatic carbocycles. The summed E-state index contributed by atoms with van der Waals surface area (Å²) in [6.45, 7) is 3.76. The topological polar surface area (TPSA) is 71.8 Å². The molecule has 0 aliphatic rings. The van der Waals surface area contributed by atoms with Crippen molar-refractivity contribution in [3.8, 4) is 5.82 Å². The van der Waals surface area contributed by atoms with Crippen molar-refractivity contribution < 1.29 is 4.79 Å². The zero-order chi connectivity index (χ0) is 19.7. The molecule has 27 heavy (non-hydrogen) atoms. The Bertz CT molecular complexity index is 1010. The van der Waals surface area contributed by atoms with Crippen LogP contribution in [0.5, 0.6) is 0 Å². The zero-order valence-electron chi connectivity index (χ0n) is 14.1. The number of halogens is 4. The minimum Gasteiger partial charge on any atom is -0.295 e. The Hall–Kier alpha value is -1.99. The Kier molecular flexibility index (Phi) is 5.81. The zero-order valence-corrected chi connectivity index (χ0v) is 17.2. The Balaban J connectivity index is 1.85. The van der Waals surface area contributed by atoms with Crippen LogP contribution in [0.3, 0.4) is 0 Å². The van der Waals surface area contributed by atoms with Gasteiger partial charge >= 0.3 is 0 Å². The number of nitrogens with one attached hydrogen (secondary N) is 2. The van der Waals surface area contributed by atoms with E-state index in [-0.39, 0.29) is 20.8 Å². The SMILES string of the molecule is Cc1cc(C)n(-c2ccc(Cl)c(C(=O)NNc3c(Cl)cc(Cl)cc3Cl)n2)n1. The summed E-state index contributed by atoms with van der Waals surface area (Å²) in [5, 5.41) is 5.42. The number of hydrazine groups is 1. The normalized spacial score (nSPS) is 10.7. The molecule has 1 aromatic carbocycles. The molecular weight excluding hydrogens is 432 g/mol. The molecule has 1 amide bonds. The van der Waals surface area contributed by atoms with E-state index in [0.29, 0.717) is 16.5 Å². The fourth-order valence-electron chi connectivity index (χ4n) is 2.41. The molecule has 0 spiro atoms. The second kappa shape index (κ2) is 7.94. The minimum atomic E-state index is -0.564. The Morgan fingerprint density at radius 3 is 2.26 bits per heavy atom. The second-order valence-corrected chi connectivity index (χ2v) is 7.32. The highest BCUT2D eigenvalue weighted by molar-refractivity contribution is 6.41. The largest absolute Gasteiger partial charge is 0.295 e. The van der Waals surface area contributed by atoms with Crippen LogP contribution in [0.25, 0.3) is 5.82 Å². The molecule has 0 atom stereocenters. The number of aryl methyl sites for hydroxylation is 2. The smallest absolute Gasteiger partial charge is 0.289 e. The van der Waals surface area contributed by atoms with Crippen molar-refractivity contribution in [2.45, 2.75) is 13.8 Å².